The number of aryl methyl sites for hydroxylation is 1. The van der Waals surface area contributed by atoms with E-state index in [1.807, 2.05) is 6.92 Å². The first-order valence-electron chi connectivity index (χ1n) is 6.53. The second-order valence-electron chi connectivity index (χ2n) is 5.25. The zero-order valence-corrected chi connectivity index (χ0v) is 12.9. The minimum atomic E-state index is -3.42. The van der Waals surface area contributed by atoms with Crippen LogP contribution in [0.4, 0.5) is 0 Å². The van der Waals surface area contributed by atoms with E-state index in [9.17, 15) is 8.42 Å². The van der Waals surface area contributed by atoms with E-state index >= 15 is 0 Å². The van der Waals surface area contributed by atoms with Crippen LogP contribution >= 0.6 is 0 Å². The van der Waals surface area contributed by atoms with E-state index in [-0.39, 0.29) is 0 Å². The molecule has 0 saturated carbocycles. The Hall–Kier alpha value is -0.920. The summed E-state index contributed by atoms with van der Waals surface area (Å²) in [6.07, 6.45) is 2.42. The molecule has 0 amide bonds. The number of aromatic nitrogens is 2. The van der Waals surface area contributed by atoms with Crippen LogP contribution < -0.4 is 0 Å². The van der Waals surface area contributed by atoms with Crippen molar-refractivity contribution in [3.8, 4) is 0 Å². The summed E-state index contributed by atoms with van der Waals surface area (Å²) in [5.74, 6) is 0. The Morgan fingerprint density at radius 2 is 1.79 bits per heavy atom. The highest BCUT2D eigenvalue weighted by atomic mass is 32.2. The van der Waals surface area contributed by atoms with Gasteiger partial charge in [-0.05, 0) is 39.8 Å². The van der Waals surface area contributed by atoms with Gasteiger partial charge in [0.2, 0.25) is 10.0 Å². The van der Waals surface area contributed by atoms with Crippen LogP contribution in [0.1, 0.15) is 24.2 Å². The lowest BCUT2D eigenvalue weighted by molar-refractivity contribution is 0.252. The molecule has 0 unspecified atom stereocenters. The van der Waals surface area contributed by atoms with Crippen molar-refractivity contribution in [2.45, 2.75) is 38.3 Å². The van der Waals surface area contributed by atoms with Gasteiger partial charge in [-0.2, -0.15) is 5.10 Å². The average molecular weight is 286 g/mol. The van der Waals surface area contributed by atoms with E-state index in [1.54, 1.807) is 25.7 Å². The second-order valence-corrected chi connectivity index (χ2v) is 7.34. The van der Waals surface area contributed by atoms with E-state index in [0.717, 1.165) is 18.8 Å². The Balaban J connectivity index is 2.34. The maximum absolute atomic E-state index is 12.3. The molecule has 2 heterocycles. The van der Waals surface area contributed by atoms with Crippen LogP contribution in [0.3, 0.4) is 0 Å². The fraction of sp³-hybridized carbons (Fsp3) is 0.750. The molecule has 0 aromatic carbocycles. The van der Waals surface area contributed by atoms with E-state index in [4.69, 9.17) is 0 Å². The summed E-state index contributed by atoms with van der Waals surface area (Å²) in [5, 5.41) is 4.39. The van der Waals surface area contributed by atoms with Gasteiger partial charge in [-0.25, -0.2) is 12.7 Å². The minimum Gasteiger partial charge on any atom is -0.284 e. The highest BCUT2D eigenvalue weighted by Crippen LogP contribution is 2.22. The summed E-state index contributed by atoms with van der Waals surface area (Å²) in [6, 6.07) is 0. The number of sulfonamides is 1. The molecule has 1 aliphatic heterocycles. The topological polar surface area (TPSA) is 58.4 Å². The maximum atomic E-state index is 12.3. The molecule has 0 bridgehead atoms. The fourth-order valence-corrected chi connectivity index (χ4v) is 3.75. The lowest BCUT2D eigenvalue weighted by Gasteiger charge is -2.16. The lowest BCUT2D eigenvalue weighted by atomic mass is 10.4. The molecule has 6 nitrogen and oxygen atoms in total. The van der Waals surface area contributed by atoms with Crippen molar-refractivity contribution in [3.05, 3.63) is 11.4 Å². The number of hydrogen-bond acceptors (Lipinski definition) is 4. The summed E-state index contributed by atoms with van der Waals surface area (Å²) in [6.45, 7) is 6.38. The van der Waals surface area contributed by atoms with E-state index < -0.39 is 10.0 Å². The predicted molar refractivity (Wildman–Crippen MR) is 73.4 cm³/mol. The molecule has 1 aliphatic rings. The van der Waals surface area contributed by atoms with Crippen LogP contribution in [0.15, 0.2) is 4.90 Å². The van der Waals surface area contributed by atoms with Gasteiger partial charge in [0.05, 0.1) is 18.1 Å². The summed E-state index contributed by atoms with van der Waals surface area (Å²) in [5.41, 5.74) is 1.29. The number of rotatable bonds is 4. The summed E-state index contributed by atoms with van der Waals surface area (Å²) in [7, 11) is -0.324. The first-order chi connectivity index (χ1) is 8.84. The van der Waals surface area contributed by atoms with Crippen LogP contribution in [-0.4, -0.2) is 54.6 Å². The van der Waals surface area contributed by atoms with E-state index in [2.05, 4.69) is 10.00 Å². The Kier molecular flexibility index (Phi) is 3.98. The quantitative estimate of drug-likeness (QED) is 0.821. The second kappa shape index (κ2) is 5.22. The molecule has 1 saturated heterocycles. The number of likely N-dealkylation sites (tertiary alicyclic amines) is 1. The summed E-state index contributed by atoms with van der Waals surface area (Å²) < 4.78 is 27.6. The Labute approximate surface area is 115 Å². The Bertz CT molecular complexity index is 557. The van der Waals surface area contributed by atoms with Gasteiger partial charge in [-0.1, -0.05) is 0 Å². The molecule has 1 aromatic rings. The van der Waals surface area contributed by atoms with Gasteiger partial charge in [0.1, 0.15) is 4.90 Å². The number of nitrogens with zero attached hydrogens (tertiary/aromatic N) is 4. The Morgan fingerprint density at radius 1 is 1.21 bits per heavy atom. The van der Waals surface area contributed by atoms with Crippen LogP contribution in [0.25, 0.3) is 0 Å². The molecule has 0 spiro atoms. The molecule has 0 radical (unpaired) electrons. The van der Waals surface area contributed by atoms with Gasteiger partial charge in [0, 0.05) is 14.1 Å². The molecule has 108 valence electrons. The Morgan fingerprint density at radius 3 is 2.32 bits per heavy atom. The van der Waals surface area contributed by atoms with Crippen molar-refractivity contribution >= 4 is 10.0 Å². The molecular formula is C12H22N4O2S. The monoisotopic (exact) mass is 286 g/mol. The van der Waals surface area contributed by atoms with Crippen molar-refractivity contribution in [3.63, 3.8) is 0 Å². The molecule has 19 heavy (non-hydrogen) atoms. The minimum absolute atomic E-state index is 0.344. The van der Waals surface area contributed by atoms with Crippen molar-refractivity contribution < 1.29 is 8.42 Å². The normalized spacial score (nSPS) is 17.5. The van der Waals surface area contributed by atoms with Crippen LogP contribution in [0.2, 0.25) is 0 Å². The third-order valence-electron chi connectivity index (χ3n) is 3.59. The van der Waals surface area contributed by atoms with Gasteiger partial charge in [0.15, 0.2) is 0 Å². The van der Waals surface area contributed by atoms with Gasteiger partial charge in [0.25, 0.3) is 0 Å². The van der Waals surface area contributed by atoms with Crippen LogP contribution in [0, 0.1) is 13.8 Å². The molecule has 7 heteroatoms. The van der Waals surface area contributed by atoms with Gasteiger partial charge in [-0.3, -0.25) is 9.58 Å². The standard InChI is InChI=1S/C12H22N4O2S/c1-10-12(19(17,18)14(3)4)11(2)16(13-10)9-15-7-5-6-8-15/h5-9H2,1-4H3. The summed E-state index contributed by atoms with van der Waals surface area (Å²) in [4.78, 5) is 2.64. The summed E-state index contributed by atoms with van der Waals surface area (Å²) >= 11 is 0. The SMILES string of the molecule is Cc1nn(CN2CCCC2)c(C)c1S(=O)(=O)N(C)C. The van der Waals surface area contributed by atoms with Crippen molar-refractivity contribution in [2.24, 2.45) is 0 Å². The molecule has 1 aromatic heterocycles. The highest BCUT2D eigenvalue weighted by molar-refractivity contribution is 7.89. The molecular weight excluding hydrogens is 264 g/mol. The molecule has 0 N–H and O–H groups in total. The zero-order valence-electron chi connectivity index (χ0n) is 12.0. The van der Waals surface area contributed by atoms with Gasteiger partial charge in [-0.15, -0.1) is 0 Å². The largest absolute Gasteiger partial charge is 0.284 e. The van der Waals surface area contributed by atoms with E-state index in [0.29, 0.717) is 17.3 Å². The van der Waals surface area contributed by atoms with Crippen molar-refractivity contribution in [2.75, 3.05) is 27.2 Å². The third kappa shape index (κ3) is 2.68. The van der Waals surface area contributed by atoms with E-state index in [1.165, 1.54) is 17.1 Å². The van der Waals surface area contributed by atoms with Crippen LogP contribution in [0.5, 0.6) is 0 Å². The fourth-order valence-electron chi connectivity index (χ4n) is 2.49. The zero-order chi connectivity index (χ0) is 14.2. The first-order valence-corrected chi connectivity index (χ1v) is 7.97. The molecule has 0 aliphatic carbocycles. The average Bonchev–Trinajstić information content (AvgIpc) is 2.88. The maximum Gasteiger partial charge on any atom is 0.246 e. The predicted octanol–water partition coefficient (Wildman–Crippen LogP) is 0.804. The van der Waals surface area contributed by atoms with Gasteiger partial charge >= 0.3 is 0 Å². The van der Waals surface area contributed by atoms with Gasteiger partial charge < -0.3 is 0 Å². The molecule has 2 rings (SSSR count). The first kappa shape index (κ1) is 14.5. The number of hydrogen-bond donors (Lipinski definition) is 0. The lowest BCUT2D eigenvalue weighted by Crippen LogP contribution is -2.25. The molecule has 1 fully saturated rings. The van der Waals surface area contributed by atoms with Crippen molar-refractivity contribution in [1.29, 1.82) is 0 Å². The van der Waals surface area contributed by atoms with Crippen LogP contribution in [-0.2, 0) is 16.7 Å². The molecule has 0 atom stereocenters. The highest BCUT2D eigenvalue weighted by Gasteiger charge is 2.27. The third-order valence-corrected chi connectivity index (χ3v) is 5.65. The van der Waals surface area contributed by atoms with Crippen molar-refractivity contribution in [1.82, 2.24) is 19.0 Å². The smallest absolute Gasteiger partial charge is 0.246 e.